The monoisotopic (exact) mass is 480 g/mol. The van der Waals surface area contributed by atoms with Gasteiger partial charge in [-0.05, 0) is 28.1 Å². The van der Waals surface area contributed by atoms with Gasteiger partial charge < -0.3 is 0 Å². The zero-order valence-corrected chi connectivity index (χ0v) is 13.3. The van der Waals surface area contributed by atoms with Crippen molar-refractivity contribution in [2.45, 2.75) is 35.8 Å². The molecule has 0 aromatic carbocycles. The summed E-state index contributed by atoms with van der Waals surface area (Å²) in [6.07, 6.45) is -7.41. The van der Waals surface area contributed by atoms with Crippen LogP contribution in [0.3, 0.4) is 0 Å². The zero-order chi connectivity index (χ0) is 20.3. The van der Waals surface area contributed by atoms with E-state index in [1.165, 1.54) is 0 Å². The molecule has 0 saturated heterocycles. The van der Waals surface area contributed by atoms with Crippen LogP contribution in [0.2, 0.25) is 0 Å². The molecule has 1 rings (SSSR count). The molecular weight excluding hydrogens is 479 g/mol. The minimum absolute atomic E-state index is 0.0821. The average molecular weight is 481 g/mol. The summed E-state index contributed by atoms with van der Waals surface area (Å²) in [5.41, 5.74) is 0. The molecule has 0 aliphatic heterocycles. The first kappa shape index (κ1) is 22.3. The van der Waals surface area contributed by atoms with Crippen LogP contribution < -0.4 is 0 Å². The van der Waals surface area contributed by atoms with Gasteiger partial charge in [0, 0.05) is 0 Å². The molecule has 0 radical (unpaired) electrons. The van der Waals surface area contributed by atoms with Crippen molar-refractivity contribution in [3.8, 4) is 0 Å². The Morgan fingerprint density at radius 1 is 0.600 bits per heavy atom. The maximum Gasteiger partial charge on any atom is 0.460 e. The number of thiophene rings is 1. The second-order valence-electron chi connectivity index (χ2n) is 4.47. The molecule has 0 saturated carbocycles. The fourth-order valence-corrected chi connectivity index (χ4v) is 2.80. The van der Waals surface area contributed by atoms with Crippen LogP contribution in [-0.4, -0.2) is 29.9 Å². The minimum atomic E-state index is -7.88. The summed E-state index contributed by atoms with van der Waals surface area (Å²) >= 11 is 2.14. The highest BCUT2D eigenvalue weighted by Crippen LogP contribution is 2.62. The van der Waals surface area contributed by atoms with Crippen LogP contribution in [0.15, 0.2) is 15.9 Å². The van der Waals surface area contributed by atoms with Crippen LogP contribution in [0, 0.1) is 0 Å². The Balaban J connectivity index is 3.53. The Hall–Kier alpha value is -0.730. The van der Waals surface area contributed by atoms with Crippen molar-refractivity contribution in [2.75, 3.05) is 0 Å². The lowest BCUT2D eigenvalue weighted by Gasteiger charge is -2.39. The molecule has 0 aliphatic rings. The number of halogens is 14. The van der Waals surface area contributed by atoms with E-state index in [9.17, 15) is 57.1 Å². The van der Waals surface area contributed by atoms with Gasteiger partial charge in [0.25, 0.3) is 0 Å². The molecule has 0 unspecified atom stereocenters. The van der Waals surface area contributed by atoms with Gasteiger partial charge in [-0.1, -0.05) is 0 Å². The summed E-state index contributed by atoms with van der Waals surface area (Å²) in [5, 5.41) is 0. The molecule has 1 aromatic heterocycles. The van der Waals surface area contributed by atoms with E-state index in [0.29, 0.717) is 6.07 Å². The molecule has 15 heteroatoms. The summed E-state index contributed by atoms with van der Waals surface area (Å²) in [6.45, 7) is 0. The van der Waals surface area contributed by atoms with Crippen LogP contribution in [0.1, 0.15) is 4.88 Å². The van der Waals surface area contributed by atoms with Crippen molar-refractivity contribution in [3.63, 3.8) is 0 Å². The van der Waals surface area contributed by atoms with Gasteiger partial charge in [-0.2, -0.15) is 57.1 Å². The molecule has 0 amide bonds. The second-order valence-corrected chi connectivity index (χ2v) is 6.94. The predicted octanol–water partition coefficient (Wildman–Crippen LogP) is 6.71. The van der Waals surface area contributed by atoms with E-state index in [0.717, 1.165) is 0 Å². The summed E-state index contributed by atoms with van der Waals surface area (Å²) < 4.78 is 167. The third kappa shape index (κ3) is 3.00. The van der Waals surface area contributed by atoms with Gasteiger partial charge in [0.05, 0.1) is 8.66 Å². The Bertz CT molecular complexity index is 629. The molecule has 0 spiro atoms. The molecule has 146 valence electrons. The van der Waals surface area contributed by atoms with Gasteiger partial charge in [-0.15, -0.1) is 11.3 Å². The zero-order valence-electron chi connectivity index (χ0n) is 10.9. The summed E-state index contributed by atoms with van der Waals surface area (Å²) in [4.78, 5) is -1.96. The lowest BCUT2D eigenvalue weighted by Crippen LogP contribution is -2.69. The number of hydrogen-bond donors (Lipinski definition) is 0. The topological polar surface area (TPSA) is 0 Å². The quantitative estimate of drug-likeness (QED) is 0.411. The van der Waals surface area contributed by atoms with E-state index in [1.807, 2.05) is 0 Å². The maximum absolute atomic E-state index is 13.6. The first-order valence-electron chi connectivity index (χ1n) is 5.46. The summed E-state index contributed by atoms with van der Waals surface area (Å²) in [5.74, 6) is -36.8. The van der Waals surface area contributed by atoms with E-state index < -0.39 is 40.7 Å². The maximum atomic E-state index is 13.6. The highest BCUT2D eigenvalue weighted by Gasteiger charge is 2.91. The van der Waals surface area contributed by atoms with Crippen LogP contribution in [0.4, 0.5) is 57.1 Å². The number of rotatable bonds is 5. The third-order valence-corrected chi connectivity index (χ3v) is 4.51. The van der Waals surface area contributed by atoms with Crippen molar-refractivity contribution in [1.29, 1.82) is 0 Å². The average Bonchev–Trinajstić information content (AvgIpc) is 2.83. The molecule has 0 aliphatic carbocycles. The highest BCUT2D eigenvalue weighted by molar-refractivity contribution is 9.11. The van der Waals surface area contributed by atoms with Gasteiger partial charge in [0.15, 0.2) is 0 Å². The van der Waals surface area contributed by atoms with Crippen molar-refractivity contribution in [2.24, 2.45) is 0 Å². The first-order valence-corrected chi connectivity index (χ1v) is 7.07. The van der Waals surface area contributed by atoms with E-state index in [2.05, 4.69) is 15.9 Å². The Kier molecular flexibility index (Phi) is 5.26. The summed E-state index contributed by atoms with van der Waals surface area (Å²) in [7, 11) is 0. The van der Waals surface area contributed by atoms with Gasteiger partial charge in [0.1, 0.15) is 0 Å². The Labute approximate surface area is 141 Å². The molecule has 0 fully saturated rings. The second kappa shape index (κ2) is 5.89. The number of alkyl halides is 13. The predicted molar refractivity (Wildman–Crippen MR) is 61.8 cm³/mol. The van der Waals surface area contributed by atoms with E-state index in [1.54, 1.807) is 0 Å². The van der Waals surface area contributed by atoms with Crippen LogP contribution >= 0.6 is 27.3 Å². The van der Waals surface area contributed by atoms with E-state index >= 15 is 0 Å². The summed E-state index contributed by atoms with van der Waals surface area (Å²) in [6, 6.07) is 0.698. The first-order chi connectivity index (χ1) is 10.7. The van der Waals surface area contributed by atoms with Crippen LogP contribution in [0.25, 0.3) is 0 Å². The Morgan fingerprint density at radius 2 is 1.00 bits per heavy atom. The van der Waals surface area contributed by atoms with Gasteiger partial charge in [-0.3, -0.25) is 0 Å². The highest BCUT2D eigenvalue weighted by atomic mass is 79.9. The fourth-order valence-electron chi connectivity index (χ4n) is 1.41. The Morgan fingerprint density at radius 3 is 1.32 bits per heavy atom. The molecular formula is C10H2BrF13S. The van der Waals surface area contributed by atoms with E-state index in [4.69, 9.17) is 0 Å². The fraction of sp³-hybridized carbons (Fsp3) is 0.600. The van der Waals surface area contributed by atoms with Gasteiger partial charge in [0.2, 0.25) is 0 Å². The third-order valence-electron chi connectivity index (χ3n) is 2.82. The normalized spacial score (nSPS) is 15.6. The van der Waals surface area contributed by atoms with Crippen molar-refractivity contribution >= 4 is 27.3 Å². The molecule has 1 aromatic rings. The molecule has 0 nitrogen and oxygen atoms in total. The molecule has 25 heavy (non-hydrogen) atoms. The van der Waals surface area contributed by atoms with Gasteiger partial charge in [-0.25, -0.2) is 0 Å². The van der Waals surface area contributed by atoms with Crippen molar-refractivity contribution in [1.82, 2.24) is 0 Å². The van der Waals surface area contributed by atoms with Crippen molar-refractivity contribution in [3.05, 3.63) is 20.8 Å². The molecule has 0 N–H and O–H groups in total. The molecule has 1 heterocycles. The minimum Gasteiger partial charge on any atom is -0.193 e. The lowest BCUT2D eigenvalue weighted by atomic mass is 9.93. The van der Waals surface area contributed by atoms with Crippen molar-refractivity contribution < 1.29 is 57.1 Å². The molecule has 0 atom stereocenters. The molecule has 0 bridgehead atoms. The standard InChI is InChI=1S/C10H2BrF13S/c11-4-2-1-3(25-4)5(12,13)6(14,15)7(16,17)8(18,19)9(20,21)10(22,23)24/h1-2H. The van der Waals surface area contributed by atoms with Gasteiger partial charge >= 0.3 is 35.8 Å². The SMILES string of the molecule is FC(F)(F)C(F)(F)C(F)(F)C(F)(F)C(F)(F)C(F)(F)c1ccc(Br)s1. The largest absolute Gasteiger partial charge is 0.460 e. The van der Waals surface area contributed by atoms with Crippen LogP contribution in [0.5, 0.6) is 0 Å². The number of hydrogen-bond acceptors (Lipinski definition) is 1. The van der Waals surface area contributed by atoms with E-state index in [-0.39, 0.29) is 21.2 Å². The van der Waals surface area contributed by atoms with Crippen LogP contribution in [-0.2, 0) is 5.92 Å². The lowest BCUT2D eigenvalue weighted by molar-refractivity contribution is -0.441. The smallest absolute Gasteiger partial charge is 0.193 e.